The van der Waals surface area contributed by atoms with Gasteiger partial charge in [-0.05, 0) is 0 Å². The Balaban J connectivity index is 0.00000480. The van der Waals surface area contributed by atoms with Gasteiger partial charge in [0.25, 0.3) is 5.91 Å². The Hall–Kier alpha value is -2.86. The van der Waals surface area contributed by atoms with Gasteiger partial charge in [0.2, 0.25) is 22.1 Å². The highest BCUT2D eigenvalue weighted by atomic mass is 35.5. The fourth-order valence-electron chi connectivity index (χ4n) is 2.08. The molecule has 0 aromatic heterocycles. The lowest BCUT2D eigenvalue weighted by atomic mass is 10.2. The Morgan fingerprint density at radius 3 is 1.74 bits per heavy atom. The molecular weight excluding hydrogens is 462 g/mol. The highest BCUT2D eigenvalue weighted by Crippen LogP contribution is 2.13. The fourth-order valence-corrected chi connectivity index (χ4v) is 3.41. The quantitative estimate of drug-likeness (QED) is 0.185. The number of hydrogen-bond acceptors (Lipinski definition) is 9. The number of benzene rings is 2. The van der Waals surface area contributed by atoms with Crippen LogP contribution < -0.4 is 17.0 Å². The standard InChI is InChI=1S/C19H19N5O4S2.ClH/c20-23-19(22-15(25)11-29-17(27)13-7-3-1-4-8-13)24(21)16(26)12-30-18(28)14-9-5-2-6-10-14;/h1-10H,11-12,20-21H2,(H,22,23,25);1H. The molecule has 2 aromatic carbocycles. The van der Waals surface area contributed by atoms with Crippen LogP contribution in [0.3, 0.4) is 0 Å². The van der Waals surface area contributed by atoms with Crippen LogP contribution in [0.25, 0.3) is 0 Å². The molecule has 0 saturated carbocycles. The predicted molar refractivity (Wildman–Crippen MR) is 125 cm³/mol. The molecule has 0 unspecified atom stereocenters. The molecular formula is C19H20ClN5O4S2. The van der Waals surface area contributed by atoms with Crippen LogP contribution in [0.1, 0.15) is 20.7 Å². The highest BCUT2D eigenvalue weighted by Gasteiger charge is 2.20. The van der Waals surface area contributed by atoms with Crippen LogP contribution in [0.15, 0.2) is 65.8 Å². The lowest BCUT2D eigenvalue weighted by Gasteiger charge is -2.18. The minimum absolute atomic E-state index is 0. The van der Waals surface area contributed by atoms with Gasteiger partial charge in [0.1, 0.15) is 0 Å². The highest BCUT2D eigenvalue weighted by molar-refractivity contribution is 8.14. The van der Waals surface area contributed by atoms with Crippen LogP contribution in [0.5, 0.6) is 0 Å². The maximum Gasteiger partial charge on any atom is 0.254 e. The van der Waals surface area contributed by atoms with Crippen molar-refractivity contribution in [3.63, 3.8) is 0 Å². The molecule has 0 fully saturated rings. The van der Waals surface area contributed by atoms with Crippen LogP contribution in [0, 0.1) is 0 Å². The van der Waals surface area contributed by atoms with Gasteiger partial charge in [0.15, 0.2) is 0 Å². The first kappa shape index (κ1) is 26.2. The molecule has 0 bridgehead atoms. The molecule has 0 radical (unpaired) electrons. The molecule has 164 valence electrons. The van der Waals surface area contributed by atoms with Crippen LogP contribution in [-0.4, -0.2) is 44.5 Å². The van der Waals surface area contributed by atoms with E-state index < -0.39 is 17.8 Å². The molecule has 0 heterocycles. The lowest BCUT2D eigenvalue weighted by Crippen LogP contribution is -2.52. The summed E-state index contributed by atoms with van der Waals surface area (Å²) in [4.78, 5) is 48.3. The average Bonchev–Trinajstić information content (AvgIpc) is 2.79. The first-order chi connectivity index (χ1) is 14.4. The van der Waals surface area contributed by atoms with Crippen molar-refractivity contribution in [2.45, 2.75) is 0 Å². The maximum absolute atomic E-state index is 12.2. The Labute approximate surface area is 193 Å². The number of hydrogen-bond donors (Lipinski definition) is 3. The topological polar surface area (TPSA) is 148 Å². The van der Waals surface area contributed by atoms with Crippen molar-refractivity contribution >= 4 is 63.9 Å². The molecule has 9 nitrogen and oxygen atoms in total. The second kappa shape index (κ2) is 13.4. The molecule has 0 atom stereocenters. The molecule has 12 heteroatoms. The van der Waals surface area contributed by atoms with Crippen LogP contribution >= 0.6 is 35.9 Å². The van der Waals surface area contributed by atoms with Gasteiger partial charge >= 0.3 is 0 Å². The zero-order valence-corrected chi connectivity index (χ0v) is 18.5. The third-order valence-electron chi connectivity index (χ3n) is 3.55. The van der Waals surface area contributed by atoms with Crippen LogP contribution in [-0.2, 0) is 9.59 Å². The van der Waals surface area contributed by atoms with Crippen molar-refractivity contribution < 1.29 is 19.2 Å². The minimum atomic E-state index is -0.693. The smallest absolute Gasteiger partial charge is 0.254 e. The molecule has 5 N–H and O–H groups in total. The summed E-state index contributed by atoms with van der Waals surface area (Å²) < 4.78 is 0. The average molecular weight is 482 g/mol. The van der Waals surface area contributed by atoms with Gasteiger partial charge in [-0.25, -0.2) is 10.9 Å². The summed E-state index contributed by atoms with van der Waals surface area (Å²) in [5.74, 6) is 8.64. The van der Waals surface area contributed by atoms with E-state index >= 15 is 0 Å². The number of nitrogens with zero attached hydrogens (tertiary/aromatic N) is 2. The molecule has 0 aliphatic carbocycles. The predicted octanol–water partition coefficient (Wildman–Crippen LogP) is 1.60. The van der Waals surface area contributed by atoms with Gasteiger partial charge in [0, 0.05) is 11.1 Å². The summed E-state index contributed by atoms with van der Waals surface area (Å²) in [5, 5.41) is 5.53. The van der Waals surface area contributed by atoms with E-state index in [1.54, 1.807) is 60.7 Å². The number of nitrogens with two attached hydrogens (primary N) is 2. The van der Waals surface area contributed by atoms with E-state index in [1.165, 1.54) is 0 Å². The van der Waals surface area contributed by atoms with Crippen molar-refractivity contribution in [2.75, 3.05) is 11.5 Å². The number of thioether (sulfide) groups is 2. The summed E-state index contributed by atoms with van der Waals surface area (Å²) >= 11 is 1.54. The Kier molecular flexibility index (Phi) is 11.4. The maximum atomic E-state index is 12.2. The molecule has 0 spiro atoms. The van der Waals surface area contributed by atoms with E-state index in [4.69, 9.17) is 11.7 Å². The first-order valence-electron chi connectivity index (χ1n) is 8.52. The normalized spacial score (nSPS) is 10.5. The Morgan fingerprint density at radius 2 is 1.29 bits per heavy atom. The largest absolute Gasteiger partial charge is 0.320 e. The van der Waals surface area contributed by atoms with E-state index in [-0.39, 0.29) is 34.1 Å². The fraction of sp³-hybridized carbons (Fsp3) is 0.105. The molecule has 2 amide bonds. The van der Waals surface area contributed by atoms with E-state index in [1.807, 2.05) is 0 Å². The number of carbonyl (C=O) groups excluding carboxylic acids is 4. The number of nitrogens with one attached hydrogen (secondary N) is 1. The molecule has 2 rings (SSSR count). The van der Waals surface area contributed by atoms with Gasteiger partial charge < -0.3 is 5.84 Å². The van der Waals surface area contributed by atoms with Gasteiger partial charge in [-0.2, -0.15) is 0 Å². The first-order valence-corrected chi connectivity index (χ1v) is 10.5. The van der Waals surface area contributed by atoms with Crippen molar-refractivity contribution in [3.05, 3.63) is 71.8 Å². The van der Waals surface area contributed by atoms with Crippen LogP contribution in [0.4, 0.5) is 0 Å². The van der Waals surface area contributed by atoms with Crippen molar-refractivity contribution in [3.8, 4) is 0 Å². The number of rotatable bonds is 6. The number of guanidine groups is 1. The third kappa shape index (κ3) is 8.42. The van der Waals surface area contributed by atoms with Gasteiger partial charge in [-0.1, -0.05) is 84.2 Å². The van der Waals surface area contributed by atoms with Crippen molar-refractivity contribution in [1.29, 1.82) is 0 Å². The molecule has 0 aliphatic rings. The number of carbonyl (C=O) groups is 4. The van der Waals surface area contributed by atoms with Crippen molar-refractivity contribution in [2.24, 2.45) is 16.8 Å². The summed E-state index contributed by atoms with van der Waals surface area (Å²) in [6, 6.07) is 16.9. The molecule has 31 heavy (non-hydrogen) atoms. The number of amides is 2. The van der Waals surface area contributed by atoms with Gasteiger partial charge in [0.05, 0.1) is 11.5 Å². The van der Waals surface area contributed by atoms with Gasteiger partial charge in [-0.3, -0.25) is 24.5 Å². The zero-order valence-electron chi connectivity index (χ0n) is 16.1. The lowest BCUT2D eigenvalue weighted by molar-refractivity contribution is -0.125. The van der Waals surface area contributed by atoms with E-state index in [0.29, 0.717) is 16.1 Å². The summed E-state index contributed by atoms with van der Waals surface area (Å²) in [5.41, 5.74) is 0.902. The van der Waals surface area contributed by atoms with E-state index in [0.717, 1.165) is 23.5 Å². The van der Waals surface area contributed by atoms with E-state index in [2.05, 4.69) is 10.4 Å². The molecule has 0 saturated heterocycles. The second-order valence-corrected chi connectivity index (χ2v) is 7.55. The monoisotopic (exact) mass is 481 g/mol. The molecule has 0 aliphatic heterocycles. The Morgan fingerprint density at radius 1 is 0.839 bits per heavy atom. The summed E-state index contributed by atoms with van der Waals surface area (Å²) in [6.07, 6.45) is 0. The summed E-state index contributed by atoms with van der Waals surface area (Å²) in [6.45, 7) is 0. The minimum Gasteiger partial charge on any atom is -0.320 e. The number of hydrazone groups is 1. The van der Waals surface area contributed by atoms with Crippen molar-refractivity contribution in [1.82, 2.24) is 10.3 Å². The SMILES string of the molecule is Cl.NN=C(NC(=O)CSC(=O)c1ccccc1)N(N)C(=O)CSC(=O)c1ccccc1. The Bertz CT molecular complexity index is 945. The second-order valence-electron chi connectivity index (χ2n) is 5.65. The van der Waals surface area contributed by atoms with Gasteiger partial charge in [-0.15, -0.1) is 17.5 Å². The number of hydrazine groups is 1. The van der Waals surface area contributed by atoms with Crippen LogP contribution in [0.2, 0.25) is 0 Å². The molecule has 2 aromatic rings. The van der Waals surface area contributed by atoms with E-state index in [9.17, 15) is 19.2 Å². The zero-order chi connectivity index (χ0) is 21.9. The third-order valence-corrected chi connectivity index (χ3v) is 5.34. The summed E-state index contributed by atoms with van der Waals surface area (Å²) in [7, 11) is 0. The number of halogens is 1.